The van der Waals surface area contributed by atoms with Gasteiger partial charge in [-0.25, -0.2) is 0 Å². The first kappa shape index (κ1) is 13.4. The van der Waals surface area contributed by atoms with E-state index in [2.05, 4.69) is 89.4 Å². The second kappa shape index (κ2) is 5.16. The van der Waals surface area contributed by atoms with E-state index in [0.717, 1.165) is 0 Å². The Morgan fingerprint density at radius 3 is 2.76 bits per heavy atom. The van der Waals surface area contributed by atoms with Gasteiger partial charge in [0.2, 0.25) is 0 Å². The van der Waals surface area contributed by atoms with E-state index in [1.807, 2.05) is 0 Å². The molecular weight excluding hydrogens is 369 g/mol. The molecule has 4 rings (SSSR count). The number of benzene rings is 2. The van der Waals surface area contributed by atoms with Gasteiger partial charge in [0.25, 0.3) is 0 Å². The lowest BCUT2D eigenvalue weighted by atomic mass is 9.76. The molecule has 0 bridgehead atoms. The average molecular weight is 387 g/mol. The van der Waals surface area contributed by atoms with Crippen LogP contribution >= 0.6 is 22.6 Å². The third-order valence-electron chi connectivity index (χ3n) is 4.79. The number of hydrogen-bond donors (Lipinski definition) is 1. The lowest BCUT2D eigenvalue weighted by Gasteiger charge is -2.38. The molecule has 2 aliphatic rings. The first-order valence-electron chi connectivity index (χ1n) is 7.52. The molecule has 21 heavy (non-hydrogen) atoms. The van der Waals surface area contributed by atoms with Gasteiger partial charge in [-0.1, -0.05) is 42.5 Å². The van der Waals surface area contributed by atoms with Crippen molar-refractivity contribution in [2.24, 2.45) is 5.92 Å². The van der Waals surface area contributed by atoms with Gasteiger partial charge in [-0.15, -0.1) is 0 Å². The van der Waals surface area contributed by atoms with Crippen molar-refractivity contribution in [3.05, 3.63) is 74.9 Å². The number of nitrogens with one attached hydrogen (secondary N) is 1. The van der Waals surface area contributed by atoms with E-state index in [1.165, 1.54) is 32.4 Å². The minimum atomic E-state index is 0.414. The van der Waals surface area contributed by atoms with E-state index >= 15 is 0 Å². The lowest BCUT2D eigenvalue weighted by Crippen LogP contribution is -2.29. The molecule has 0 radical (unpaired) electrons. The summed E-state index contributed by atoms with van der Waals surface area (Å²) in [5.74, 6) is 1.19. The van der Waals surface area contributed by atoms with Crippen molar-refractivity contribution in [2.45, 2.75) is 25.3 Å². The molecule has 0 amide bonds. The zero-order valence-electron chi connectivity index (χ0n) is 12.0. The Morgan fingerprint density at radius 2 is 1.95 bits per heavy atom. The molecule has 1 nitrogen and oxygen atoms in total. The second-order valence-electron chi connectivity index (χ2n) is 6.07. The largest absolute Gasteiger partial charge is 0.377 e. The first-order chi connectivity index (χ1) is 10.2. The Balaban J connectivity index is 1.84. The Morgan fingerprint density at radius 1 is 1.14 bits per heavy atom. The summed E-state index contributed by atoms with van der Waals surface area (Å²) in [6.45, 7) is 2.22. The Bertz CT molecular complexity index is 705. The molecule has 2 aromatic rings. The van der Waals surface area contributed by atoms with Crippen LogP contribution in [0.3, 0.4) is 0 Å². The summed E-state index contributed by atoms with van der Waals surface area (Å²) < 4.78 is 1.34. The fourth-order valence-corrected chi connectivity index (χ4v) is 4.63. The number of allylic oxidation sites excluding steroid dienone is 2. The normalized spacial score (nSPS) is 26.1. The molecule has 1 heterocycles. The predicted octanol–water partition coefficient (Wildman–Crippen LogP) is 5.43. The highest BCUT2D eigenvalue weighted by molar-refractivity contribution is 14.1. The van der Waals surface area contributed by atoms with Crippen LogP contribution in [-0.2, 0) is 0 Å². The molecule has 0 aromatic heterocycles. The Hall–Kier alpha value is -1.29. The number of aryl methyl sites for hydroxylation is 1. The molecule has 2 aromatic carbocycles. The highest BCUT2D eigenvalue weighted by Gasteiger charge is 2.38. The van der Waals surface area contributed by atoms with Gasteiger partial charge in [0, 0.05) is 15.2 Å². The van der Waals surface area contributed by atoms with E-state index in [4.69, 9.17) is 0 Å². The van der Waals surface area contributed by atoms with Gasteiger partial charge < -0.3 is 5.32 Å². The summed E-state index contributed by atoms with van der Waals surface area (Å²) in [6.07, 6.45) is 5.94. The van der Waals surface area contributed by atoms with Gasteiger partial charge in [-0.2, -0.15) is 0 Å². The third kappa shape index (κ3) is 2.20. The van der Waals surface area contributed by atoms with Gasteiger partial charge in [-0.05, 0) is 70.7 Å². The molecule has 0 saturated carbocycles. The summed E-state index contributed by atoms with van der Waals surface area (Å²) in [6, 6.07) is 15.9. The van der Waals surface area contributed by atoms with Crippen LogP contribution in [-0.4, -0.2) is 0 Å². The van der Waals surface area contributed by atoms with Crippen molar-refractivity contribution < 1.29 is 0 Å². The summed E-state index contributed by atoms with van der Waals surface area (Å²) in [4.78, 5) is 0. The molecular formula is C19H18IN. The maximum Gasteiger partial charge on any atom is 0.0554 e. The Kier molecular flexibility index (Phi) is 3.29. The van der Waals surface area contributed by atoms with E-state index < -0.39 is 0 Å². The van der Waals surface area contributed by atoms with Gasteiger partial charge >= 0.3 is 0 Å². The number of halogens is 1. The van der Waals surface area contributed by atoms with Crippen molar-refractivity contribution in [3.8, 4) is 0 Å². The molecule has 1 N–H and O–H groups in total. The number of hydrogen-bond acceptors (Lipinski definition) is 1. The topological polar surface area (TPSA) is 12.0 Å². The third-order valence-corrected chi connectivity index (χ3v) is 5.41. The fraction of sp³-hybridized carbons (Fsp3) is 0.263. The quantitative estimate of drug-likeness (QED) is 0.509. The molecule has 0 saturated heterocycles. The summed E-state index contributed by atoms with van der Waals surface area (Å²) >= 11 is 2.43. The maximum atomic E-state index is 3.84. The molecule has 0 fully saturated rings. The maximum absolute atomic E-state index is 3.84. The summed E-state index contributed by atoms with van der Waals surface area (Å²) in [7, 11) is 0. The van der Waals surface area contributed by atoms with Gasteiger partial charge in [-0.3, -0.25) is 0 Å². The van der Waals surface area contributed by atoms with E-state index in [-0.39, 0.29) is 0 Å². The smallest absolute Gasteiger partial charge is 0.0554 e. The van der Waals surface area contributed by atoms with E-state index in [0.29, 0.717) is 17.9 Å². The minimum absolute atomic E-state index is 0.414. The summed E-state index contributed by atoms with van der Waals surface area (Å²) in [5.41, 5.74) is 5.58. The minimum Gasteiger partial charge on any atom is -0.377 e. The van der Waals surface area contributed by atoms with Crippen LogP contribution in [0.1, 0.15) is 35.1 Å². The van der Waals surface area contributed by atoms with Crippen molar-refractivity contribution in [3.63, 3.8) is 0 Å². The SMILES string of the molecule is Cc1cc(I)cc2c1N[C@@H](c1ccccc1)[C@@H]1CC=C[C@H]21. The molecule has 0 unspecified atom stereocenters. The average Bonchev–Trinajstić information content (AvgIpc) is 2.97. The van der Waals surface area contributed by atoms with Gasteiger partial charge in [0.15, 0.2) is 0 Å². The zero-order chi connectivity index (χ0) is 14.4. The van der Waals surface area contributed by atoms with Crippen LogP contribution in [0.2, 0.25) is 0 Å². The number of anilines is 1. The van der Waals surface area contributed by atoms with E-state index in [9.17, 15) is 0 Å². The highest BCUT2D eigenvalue weighted by atomic mass is 127. The van der Waals surface area contributed by atoms with Crippen molar-refractivity contribution in [2.75, 3.05) is 5.32 Å². The molecule has 1 aliphatic heterocycles. The molecule has 3 atom stereocenters. The summed E-state index contributed by atoms with van der Waals surface area (Å²) in [5, 5.41) is 3.84. The lowest BCUT2D eigenvalue weighted by molar-refractivity contribution is 0.425. The fourth-order valence-electron chi connectivity index (χ4n) is 3.83. The molecule has 2 heteroatoms. The van der Waals surface area contributed by atoms with E-state index in [1.54, 1.807) is 0 Å². The van der Waals surface area contributed by atoms with Crippen LogP contribution in [0, 0.1) is 16.4 Å². The van der Waals surface area contributed by atoms with Crippen LogP contribution in [0.4, 0.5) is 5.69 Å². The van der Waals surface area contributed by atoms with Crippen LogP contribution in [0.5, 0.6) is 0 Å². The monoisotopic (exact) mass is 387 g/mol. The number of fused-ring (bicyclic) bond motifs is 3. The Labute approximate surface area is 139 Å². The van der Waals surface area contributed by atoms with Gasteiger partial charge in [0.05, 0.1) is 6.04 Å². The first-order valence-corrected chi connectivity index (χ1v) is 8.60. The standard InChI is InChI=1S/C19H18IN/c1-12-10-14(20)11-17-15-8-5-9-16(15)19(21-18(12)17)13-6-3-2-4-7-13/h2-8,10-11,15-16,19,21H,9H2,1H3/t15-,16+,19-/m0/s1. The van der Waals surface area contributed by atoms with Crippen LogP contribution in [0.15, 0.2) is 54.6 Å². The molecule has 1 aliphatic carbocycles. The molecule has 0 spiro atoms. The van der Waals surface area contributed by atoms with Gasteiger partial charge in [0.1, 0.15) is 0 Å². The van der Waals surface area contributed by atoms with Crippen molar-refractivity contribution in [1.82, 2.24) is 0 Å². The van der Waals surface area contributed by atoms with Crippen LogP contribution in [0.25, 0.3) is 0 Å². The van der Waals surface area contributed by atoms with Crippen molar-refractivity contribution in [1.29, 1.82) is 0 Å². The number of rotatable bonds is 1. The predicted molar refractivity (Wildman–Crippen MR) is 96.7 cm³/mol. The second-order valence-corrected chi connectivity index (χ2v) is 7.32. The van der Waals surface area contributed by atoms with Crippen LogP contribution < -0.4 is 5.32 Å². The van der Waals surface area contributed by atoms with Crippen molar-refractivity contribution >= 4 is 28.3 Å². The highest BCUT2D eigenvalue weighted by Crippen LogP contribution is 2.50. The zero-order valence-corrected chi connectivity index (χ0v) is 14.2. The molecule has 106 valence electrons.